The molecule has 0 unspecified atom stereocenters. The maximum atomic E-state index is 6.06. The molecule has 0 saturated carbocycles. The summed E-state index contributed by atoms with van der Waals surface area (Å²) in [6.45, 7) is 7.33. The lowest BCUT2D eigenvalue weighted by Crippen LogP contribution is -2.32. The van der Waals surface area contributed by atoms with Crippen LogP contribution in [0.5, 0.6) is 0 Å². The molecule has 4 nitrogen and oxygen atoms in total. The van der Waals surface area contributed by atoms with Crippen LogP contribution in [0, 0.1) is 0 Å². The Hall–Kier alpha value is -2.10. The van der Waals surface area contributed by atoms with E-state index in [2.05, 4.69) is 59.9 Å². The minimum Gasteiger partial charge on any atom is -0.383 e. The van der Waals surface area contributed by atoms with Gasteiger partial charge in [-0.3, -0.25) is 0 Å². The Morgan fingerprint density at radius 2 is 1.86 bits per heavy atom. The molecule has 112 valence electrons. The van der Waals surface area contributed by atoms with Gasteiger partial charge < -0.3 is 10.6 Å². The van der Waals surface area contributed by atoms with Crippen molar-refractivity contribution in [3.8, 4) is 0 Å². The van der Waals surface area contributed by atoms with Crippen LogP contribution in [-0.2, 0) is 13.0 Å². The minimum absolute atomic E-state index is 0.343. The first-order valence-electron chi connectivity index (χ1n) is 7.53. The topological polar surface area (TPSA) is 55.0 Å². The first-order valence-corrected chi connectivity index (χ1v) is 7.53. The fourth-order valence-electron chi connectivity index (χ4n) is 2.44. The summed E-state index contributed by atoms with van der Waals surface area (Å²) < 4.78 is 0. The van der Waals surface area contributed by atoms with Crippen molar-refractivity contribution in [2.24, 2.45) is 0 Å². The van der Waals surface area contributed by atoms with Crippen LogP contribution in [0.1, 0.15) is 38.3 Å². The van der Waals surface area contributed by atoms with Gasteiger partial charge in [0.2, 0.25) is 0 Å². The molecule has 2 rings (SSSR count). The van der Waals surface area contributed by atoms with E-state index >= 15 is 0 Å². The highest BCUT2D eigenvalue weighted by Gasteiger charge is 2.18. The number of hydrogen-bond donors (Lipinski definition) is 1. The van der Waals surface area contributed by atoms with Crippen LogP contribution in [0.25, 0.3) is 0 Å². The van der Waals surface area contributed by atoms with Crippen molar-refractivity contribution in [2.45, 2.75) is 46.2 Å². The van der Waals surface area contributed by atoms with Crippen LogP contribution in [0.2, 0.25) is 0 Å². The summed E-state index contributed by atoms with van der Waals surface area (Å²) in [7, 11) is 0. The third-order valence-electron chi connectivity index (χ3n) is 3.55. The van der Waals surface area contributed by atoms with Gasteiger partial charge in [0.1, 0.15) is 18.0 Å². The highest BCUT2D eigenvalue weighted by Crippen LogP contribution is 2.26. The van der Waals surface area contributed by atoms with Crippen LogP contribution >= 0.6 is 0 Å². The van der Waals surface area contributed by atoms with Gasteiger partial charge >= 0.3 is 0 Å². The number of aromatic nitrogens is 2. The quantitative estimate of drug-likeness (QED) is 0.883. The van der Waals surface area contributed by atoms with Gasteiger partial charge in [-0.05, 0) is 25.8 Å². The fraction of sp³-hybridized carbons (Fsp3) is 0.412. The third-order valence-corrected chi connectivity index (χ3v) is 3.55. The Balaban J connectivity index is 2.37. The Kier molecular flexibility index (Phi) is 5.14. The number of nitrogens with two attached hydrogens (primary N) is 1. The van der Waals surface area contributed by atoms with Crippen LogP contribution < -0.4 is 10.6 Å². The van der Waals surface area contributed by atoms with Gasteiger partial charge in [0, 0.05) is 18.2 Å². The number of anilines is 2. The normalized spacial score (nSPS) is 10.9. The molecule has 1 heterocycles. The lowest BCUT2D eigenvalue weighted by Gasteiger charge is -2.30. The number of hydrogen-bond acceptors (Lipinski definition) is 4. The summed E-state index contributed by atoms with van der Waals surface area (Å²) >= 11 is 0. The number of rotatable bonds is 6. The van der Waals surface area contributed by atoms with Gasteiger partial charge in [0.25, 0.3) is 0 Å². The molecule has 0 bridgehead atoms. The van der Waals surface area contributed by atoms with Crippen LogP contribution in [0.4, 0.5) is 11.6 Å². The molecule has 2 aromatic rings. The summed E-state index contributed by atoms with van der Waals surface area (Å²) in [4.78, 5) is 10.9. The van der Waals surface area contributed by atoms with Crippen molar-refractivity contribution in [3.05, 3.63) is 47.8 Å². The predicted molar refractivity (Wildman–Crippen MR) is 88.2 cm³/mol. The van der Waals surface area contributed by atoms with E-state index in [4.69, 9.17) is 5.73 Å². The van der Waals surface area contributed by atoms with E-state index in [1.165, 1.54) is 5.56 Å². The third kappa shape index (κ3) is 3.72. The molecule has 1 aromatic carbocycles. The molecule has 0 spiro atoms. The number of benzene rings is 1. The predicted octanol–water partition coefficient (Wildman–Crippen LogP) is 3.43. The van der Waals surface area contributed by atoms with Crippen molar-refractivity contribution in [2.75, 3.05) is 10.6 Å². The zero-order valence-corrected chi connectivity index (χ0v) is 13.1. The highest BCUT2D eigenvalue weighted by atomic mass is 15.2. The van der Waals surface area contributed by atoms with Crippen molar-refractivity contribution in [3.63, 3.8) is 0 Å². The molecular formula is C17H24N4. The van der Waals surface area contributed by atoms with Crippen molar-refractivity contribution in [1.82, 2.24) is 9.97 Å². The van der Waals surface area contributed by atoms with Crippen molar-refractivity contribution in [1.29, 1.82) is 0 Å². The first kappa shape index (κ1) is 15.3. The van der Waals surface area contributed by atoms with E-state index in [0.717, 1.165) is 30.8 Å². The molecule has 0 amide bonds. The summed E-state index contributed by atoms with van der Waals surface area (Å²) in [5.41, 5.74) is 8.39. The minimum atomic E-state index is 0.343. The Morgan fingerprint density at radius 1 is 1.14 bits per heavy atom. The Morgan fingerprint density at radius 3 is 2.48 bits per heavy atom. The monoisotopic (exact) mass is 284 g/mol. The lowest BCUT2D eigenvalue weighted by atomic mass is 10.1. The van der Waals surface area contributed by atoms with Gasteiger partial charge in [-0.15, -0.1) is 0 Å². The smallest absolute Gasteiger partial charge is 0.137 e. The summed E-state index contributed by atoms with van der Waals surface area (Å²) in [6, 6.07) is 10.8. The maximum absolute atomic E-state index is 6.06. The van der Waals surface area contributed by atoms with Gasteiger partial charge in [0.15, 0.2) is 0 Å². The van der Waals surface area contributed by atoms with Crippen molar-refractivity contribution >= 4 is 11.6 Å². The molecule has 0 radical (unpaired) electrons. The molecule has 0 saturated heterocycles. The molecule has 0 aliphatic heterocycles. The molecule has 0 aliphatic rings. The second-order valence-electron chi connectivity index (χ2n) is 5.52. The molecule has 21 heavy (non-hydrogen) atoms. The van der Waals surface area contributed by atoms with Gasteiger partial charge in [0.05, 0.1) is 0 Å². The van der Waals surface area contributed by atoms with Crippen LogP contribution in [-0.4, -0.2) is 16.0 Å². The van der Waals surface area contributed by atoms with E-state index < -0.39 is 0 Å². The van der Waals surface area contributed by atoms with Crippen molar-refractivity contribution < 1.29 is 0 Å². The largest absolute Gasteiger partial charge is 0.383 e. The van der Waals surface area contributed by atoms with Gasteiger partial charge in [-0.2, -0.15) is 0 Å². The lowest BCUT2D eigenvalue weighted by molar-refractivity contribution is 0.665. The molecule has 0 atom stereocenters. The molecule has 2 N–H and O–H groups in total. The first-order chi connectivity index (χ1) is 10.1. The van der Waals surface area contributed by atoms with Crippen LogP contribution in [0.15, 0.2) is 36.7 Å². The summed E-state index contributed by atoms with van der Waals surface area (Å²) in [5.74, 6) is 1.56. The molecule has 4 heteroatoms. The second-order valence-corrected chi connectivity index (χ2v) is 5.52. The molecular weight excluding hydrogens is 260 g/mol. The van der Waals surface area contributed by atoms with E-state index in [1.54, 1.807) is 6.33 Å². The van der Waals surface area contributed by atoms with E-state index in [0.29, 0.717) is 11.9 Å². The highest BCUT2D eigenvalue weighted by molar-refractivity contribution is 5.57. The van der Waals surface area contributed by atoms with Gasteiger partial charge in [-0.25, -0.2) is 9.97 Å². The number of nitrogens with zero attached hydrogens (tertiary/aromatic N) is 3. The Bertz CT molecular complexity index is 566. The molecule has 0 fully saturated rings. The Labute approximate surface area is 127 Å². The van der Waals surface area contributed by atoms with E-state index in [9.17, 15) is 0 Å². The summed E-state index contributed by atoms with van der Waals surface area (Å²) in [6.07, 6.45) is 3.49. The zero-order valence-electron chi connectivity index (χ0n) is 13.1. The molecule has 1 aromatic heterocycles. The van der Waals surface area contributed by atoms with E-state index in [1.807, 2.05) is 6.07 Å². The van der Waals surface area contributed by atoms with E-state index in [-0.39, 0.29) is 0 Å². The average Bonchev–Trinajstić information content (AvgIpc) is 2.48. The number of nitrogen functional groups attached to an aromatic ring is 1. The van der Waals surface area contributed by atoms with Crippen LogP contribution in [0.3, 0.4) is 0 Å². The maximum Gasteiger partial charge on any atom is 0.137 e. The SMILES string of the molecule is CCCc1c(N)ncnc1N(Cc1ccccc1)C(C)C. The zero-order chi connectivity index (χ0) is 15.2. The second kappa shape index (κ2) is 7.07. The van der Waals surface area contributed by atoms with Gasteiger partial charge in [-0.1, -0.05) is 43.7 Å². The fourth-order valence-corrected chi connectivity index (χ4v) is 2.44. The standard InChI is InChI=1S/C17H24N4/c1-4-8-15-16(18)19-12-20-17(15)21(13(2)3)11-14-9-6-5-7-10-14/h5-7,9-10,12-13H,4,8,11H2,1-3H3,(H2,18,19,20). The summed E-state index contributed by atoms with van der Waals surface area (Å²) in [5, 5.41) is 0. The molecule has 0 aliphatic carbocycles. The average molecular weight is 284 g/mol.